The Morgan fingerprint density at radius 2 is 2.24 bits per heavy atom. The van der Waals surface area contributed by atoms with Gasteiger partial charge >= 0.3 is 0 Å². The summed E-state index contributed by atoms with van der Waals surface area (Å²) in [6.45, 7) is 1.55. The number of carbonyl (C=O) groups excluding carboxylic acids is 2. The summed E-state index contributed by atoms with van der Waals surface area (Å²) in [7, 11) is 0. The van der Waals surface area contributed by atoms with Crippen LogP contribution < -0.4 is 5.32 Å². The zero-order valence-corrected chi connectivity index (χ0v) is 13.7. The van der Waals surface area contributed by atoms with E-state index in [1.165, 1.54) is 4.90 Å². The molecule has 25 heavy (non-hydrogen) atoms. The van der Waals surface area contributed by atoms with Gasteiger partial charge in [-0.3, -0.25) is 14.6 Å². The number of pyridine rings is 1. The van der Waals surface area contributed by atoms with Gasteiger partial charge in [-0.05, 0) is 24.6 Å². The molecule has 1 aliphatic heterocycles. The number of amides is 2. The van der Waals surface area contributed by atoms with E-state index in [-0.39, 0.29) is 19.5 Å². The number of halogens is 1. The minimum atomic E-state index is -1.20. The summed E-state index contributed by atoms with van der Waals surface area (Å²) >= 11 is 0. The maximum Gasteiger partial charge on any atom is 0.252 e. The second kappa shape index (κ2) is 6.85. The average molecular weight is 340 g/mol. The normalized spacial score (nSPS) is 19.6. The minimum Gasteiger partial charge on any atom is -0.343 e. The molecule has 128 valence electrons. The van der Waals surface area contributed by atoms with Crippen LogP contribution in [-0.2, 0) is 4.79 Å². The first kappa shape index (κ1) is 16.8. The predicted octanol–water partition coefficient (Wildman–Crippen LogP) is 1.74. The van der Waals surface area contributed by atoms with Crippen molar-refractivity contribution in [3.05, 3.63) is 41.6 Å². The molecular formula is C18H17FN4O2. The van der Waals surface area contributed by atoms with Gasteiger partial charge in [0.15, 0.2) is 0 Å². The highest BCUT2D eigenvalue weighted by atomic mass is 19.1. The van der Waals surface area contributed by atoms with Crippen LogP contribution in [0.25, 0.3) is 10.9 Å². The first-order chi connectivity index (χ1) is 12.0. The second-order valence-electron chi connectivity index (χ2n) is 6.09. The van der Waals surface area contributed by atoms with Crippen molar-refractivity contribution >= 4 is 22.7 Å². The van der Waals surface area contributed by atoms with Crippen LogP contribution in [0.5, 0.6) is 0 Å². The van der Waals surface area contributed by atoms with Crippen molar-refractivity contribution in [2.45, 2.75) is 25.6 Å². The lowest BCUT2D eigenvalue weighted by Crippen LogP contribution is -2.42. The Labute approximate surface area is 144 Å². The minimum absolute atomic E-state index is 0.0184. The predicted molar refractivity (Wildman–Crippen MR) is 89.4 cm³/mol. The molecule has 3 rings (SSSR count). The van der Waals surface area contributed by atoms with E-state index in [0.717, 1.165) is 5.56 Å². The third kappa shape index (κ3) is 3.43. The number of hydrogen-bond acceptors (Lipinski definition) is 4. The van der Waals surface area contributed by atoms with E-state index < -0.39 is 24.0 Å². The van der Waals surface area contributed by atoms with Crippen LogP contribution in [0, 0.1) is 18.3 Å². The van der Waals surface area contributed by atoms with Crippen LogP contribution in [0.3, 0.4) is 0 Å². The van der Waals surface area contributed by atoms with E-state index in [2.05, 4.69) is 10.3 Å². The smallest absolute Gasteiger partial charge is 0.252 e. The molecule has 0 aliphatic carbocycles. The van der Waals surface area contributed by atoms with Gasteiger partial charge in [0, 0.05) is 18.0 Å². The van der Waals surface area contributed by atoms with Crippen LogP contribution in [0.4, 0.5) is 4.39 Å². The Hall–Kier alpha value is -3.01. The average Bonchev–Trinajstić information content (AvgIpc) is 2.99. The van der Waals surface area contributed by atoms with Gasteiger partial charge in [-0.25, -0.2) is 4.39 Å². The van der Waals surface area contributed by atoms with Gasteiger partial charge in [0.25, 0.3) is 5.91 Å². The maximum atomic E-state index is 13.4. The van der Waals surface area contributed by atoms with Gasteiger partial charge in [-0.2, -0.15) is 5.26 Å². The Balaban J connectivity index is 1.71. The van der Waals surface area contributed by atoms with E-state index in [0.29, 0.717) is 16.5 Å². The summed E-state index contributed by atoms with van der Waals surface area (Å²) in [6, 6.07) is 8.30. The lowest BCUT2D eigenvalue weighted by molar-refractivity contribution is -0.130. The van der Waals surface area contributed by atoms with E-state index in [1.54, 1.807) is 12.3 Å². The summed E-state index contributed by atoms with van der Waals surface area (Å²) in [4.78, 5) is 30.0. The fourth-order valence-corrected chi connectivity index (χ4v) is 2.99. The lowest BCUT2D eigenvalue weighted by Gasteiger charge is -2.19. The quantitative estimate of drug-likeness (QED) is 0.922. The Morgan fingerprint density at radius 1 is 1.44 bits per heavy atom. The van der Waals surface area contributed by atoms with Crippen molar-refractivity contribution in [3.63, 3.8) is 0 Å². The fourth-order valence-electron chi connectivity index (χ4n) is 2.99. The molecule has 1 aromatic heterocycles. The molecule has 0 bridgehead atoms. The molecule has 2 unspecified atom stereocenters. The molecule has 2 heterocycles. The van der Waals surface area contributed by atoms with E-state index in [1.807, 2.05) is 31.2 Å². The van der Waals surface area contributed by atoms with Crippen molar-refractivity contribution in [3.8, 4) is 6.07 Å². The second-order valence-corrected chi connectivity index (χ2v) is 6.09. The standard InChI is InChI=1S/C18H17FN4O2/c1-11-2-3-14-15(4-5-21-16(14)6-11)18(25)22-9-17(24)23-10-12(19)7-13(23)8-20/h2-6,12-13H,7,9-10H2,1H3,(H,22,25). The molecule has 1 N–H and O–H groups in total. The number of fused-ring (bicyclic) bond motifs is 1. The van der Waals surface area contributed by atoms with Crippen molar-refractivity contribution in [1.82, 2.24) is 15.2 Å². The number of hydrogen-bond donors (Lipinski definition) is 1. The van der Waals surface area contributed by atoms with Gasteiger partial charge in [-0.1, -0.05) is 12.1 Å². The number of carbonyl (C=O) groups is 2. The fraction of sp³-hybridized carbons (Fsp3) is 0.333. The molecule has 7 heteroatoms. The monoisotopic (exact) mass is 340 g/mol. The molecule has 2 aromatic rings. The Morgan fingerprint density at radius 3 is 3.00 bits per heavy atom. The summed E-state index contributed by atoms with van der Waals surface area (Å²) in [6.07, 6.45) is 0.361. The summed E-state index contributed by atoms with van der Waals surface area (Å²) in [5.41, 5.74) is 2.15. The lowest BCUT2D eigenvalue weighted by atomic mass is 10.1. The molecule has 6 nitrogen and oxygen atoms in total. The maximum absolute atomic E-state index is 13.4. The zero-order chi connectivity index (χ0) is 18.0. The van der Waals surface area contributed by atoms with Gasteiger partial charge in [0.2, 0.25) is 5.91 Å². The first-order valence-corrected chi connectivity index (χ1v) is 7.96. The summed E-state index contributed by atoms with van der Waals surface area (Å²) < 4.78 is 13.4. The Bertz CT molecular complexity index is 877. The zero-order valence-electron chi connectivity index (χ0n) is 13.7. The molecule has 2 amide bonds. The van der Waals surface area contributed by atoms with E-state index >= 15 is 0 Å². The summed E-state index contributed by atoms with van der Waals surface area (Å²) in [5, 5.41) is 12.2. The topological polar surface area (TPSA) is 86.1 Å². The SMILES string of the molecule is Cc1ccc2c(C(=O)NCC(=O)N3CC(F)CC3C#N)ccnc2c1. The van der Waals surface area contributed by atoms with Gasteiger partial charge in [0.1, 0.15) is 12.2 Å². The third-order valence-corrected chi connectivity index (χ3v) is 4.26. The van der Waals surface area contributed by atoms with Gasteiger partial charge in [0.05, 0.1) is 30.2 Å². The van der Waals surface area contributed by atoms with Gasteiger partial charge < -0.3 is 10.2 Å². The third-order valence-electron chi connectivity index (χ3n) is 4.26. The van der Waals surface area contributed by atoms with Crippen molar-refractivity contribution in [2.75, 3.05) is 13.1 Å². The molecule has 1 fully saturated rings. The molecular weight excluding hydrogens is 323 g/mol. The number of benzene rings is 1. The highest BCUT2D eigenvalue weighted by Crippen LogP contribution is 2.20. The number of nitrogens with one attached hydrogen (secondary N) is 1. The van der Waals surface area contributed by atoms with E-state index in [9.17, 15) is 14.0 Å². The van der Waals surface area contributed by atoms with Crippen LogP contribution in [-0.4, -0.2) is 47.0 Å². The van der Waals surface area contributed by atoms with Gasteiger partial charge in [-0.15, -0.1) is 0 Å². The molecule has 1 aliphatic rings. The molecule has 2 atom stereocenters. The number of aryl methyl sites for hydroxylation is 1. The van der Waals surface area contributed by atoms with Crippen LogP contribution in [0.1, 0.15) is 22.3 Å². The molecule has 0 saturated carbocycles. The number of aromatic nitrogens is 1. The first-order valence-electron chi connectivity index (χ1n) is 7.96. The molecule has 1 saturated heterocycles. The van der Waals surface area contributed by atoms with Crippen molar-refractivity contribution < 1.29 is 14.0 Å². The highest BCUT2D eigenvalue weighted by Gasteiger charge is 2.35. The largest absolute Gasteiger partial charge is 0.343 e. The van der Waals surface area contributed by atoms with Crippen LogP contribution in [0.15, 0.2) is 30.5 Å². The van der Waals surface area contributed by atoms with Crippen LogP contribution >= 0.6 is 0 Å². The number of alkyl halides is 1. The van der Waals surface area contributed by atoms with E-state index in [4.69, 9.17) is 5.26 Å². The molecule has 1 aromatic carbocycles. The molecule has 0 radical (unpaired) electrons. The van der Waals surface area contributed by atoms with Crippen molar-refractivity contribution in [1.29, 1.82) is 5.26 Å². The van der Waals surface area contributed by atoms with Crippen molar-refractivity contribution in [2.24, 2.45) is 0 Å². The number of nitrogens with zero attached hydrogens (tertiary/aromatic N) is 3. The number of nitriles is 1. The molecule has 0 spiro atoms. The highest BCUT2D eigenvalue weighted by molar-refractivity contribution is 6.06. The van der Waals surface area contributed by atoms with Crippen LogP contribution in [0.2, 0.25) is 0 Å². The number of rotatable bonds is 3. The number of likely N-dealkylation sites (tertiary alicyclic amines) is 1. The Kier molecular flexibility index (Phi) is 4.61. The summed E-state index contributed by atoms with van der Waals surface area (Å²) in [5.74, 6) is -0.872.